The van der Waals surface area contributed by atoms with Crippen LogP contribution in [0.3, 0.4) is 0 Å². The van der Waals surface area contributed by atoms with Gasteiger partial charge in [-0.25, -0.2) is 4.79 Å². The summed E-state index contributed by atoms with van der Waals surface area (Å²) in [5.41, 5.74) is 2.28. The molecule has 0 spiro atoms. The molecule has 5 nitrogen and oxygen atoms in total. The molecule has 5 heteroatoms. The molecule has 1 amide bonds. The van der Waals surface area contributed by atoms with Gasteiger partial charge in [0.25, 0.3) is 5.91 Å². The Morgan fingerprint density at radius 3 is 2.29 bits per heavy atom. The lowest BCUT2D eigenvalue weighted by molar-refractivity contribution is 0.0696. The maximum absolute atomic E-state index is 12.0. The van der Waals surface area contributed by atoms with Crippen LogP contribution in [0.1, 0.15) is 34.6 Å². The van der Waals surface area contributed by atoms with Gasteiger partial charge in [-0.05, 0) is 37.6 Å². The summed E-state index contributed by atoms with van der Waals surface area (Å²) in [4.78, 5) is 26.9. The average Bonchev–Trinajstić information content (AvgIpc) is 2.47. The molecule has 2 N–H and O–H groups in total. The minimum absolute atomic E-state index is 0.0519. The number of carbonyl (C=O) groups is 2. The van der Waals surface area contributed by atoms with Crippen molar-refractivity contribution in [1.29, 1.82) is 0 Å². The first-order valence-electron chi connectivity index (χ1n) is 6.57. The lowest BCUT2D eigenvalue weighted by Crippen LogP contribution is -2.30. The second kappa shape index (κ2) is 6.17. The molecule has 1 aromatic carbocycles. The number of benzene rings is 1. The predicted octanol–water partition coefficient (Wildman–Crippen LogP) is 2.58. The summed E-state index contributed by atoms with van der Waals surface area (Å²) in [7, 11) is 0. The number of nitrogens with one attached hydrogen (secondary N) is 1. The summed E-state index contributed by atoms with van der Waals surface area (Å²) >= 11 is 0. The van der Waals surface area contributed by atoms with E-state index in [9.17, 15) is 9.59 Å². The van der Waals surface area contributed by atoms with E-state index in [1.165, 1.54) is 18.3 Å². The Hall–Kier alpha value is -2.69. The highest BCUT2D eigenvalue weighted by Gasteiger charge is 2.09. The zero-order chi connectivity index (χ0) is 15.4. The van der Waals surface area contributed by atoms with E-state index in [1.54, 1.807) is 24.4 Å². The molecule has 21 heavy (non-hydrogen) atoms. The molecule has 0 saturated carbocycles. The topological polar surface area (TPSA) is 79.3 Å². The van der Waals surface area contributed by atoms with Crippen LogP contribution in [0.2, 0.25) is 0 Å². The van der Waals surface area contributed by atoms with Gasteiger partial charge in [0.15, 0.2) is 0 Å². The van der Waals surface area contributed by atoms with Crippen LogP contribution in [-0.4, -0.2) is 28.0 Å². The summed E-state index contributed by atoms with van der Waals surface area (Å²) in [5, 5.41) is 11.7. The monoisotopic (exact) mass is 284 g/mol. The highest BCUT2D eigenvalue weighted by molar-refractivity contribution is 5.95. The first-order valence-corrected chi connectivity index (χ1v) is 6.57. The number of carbonyl (C=O) groups excluding carboxylic acids is 1. The van der Waals surface area contributed by atoms with E-state index in [-0.39, 0.29) is 17.5 Å². The standard InChI is InChI=1S/C16H16N2O3/c1-10(2)18-15(19)14-7-13(8-17-9-14)11-3-5-12(6-4-11)16(20)21/h3-10H,1-2H3,(H,18,19)(H,20,21). The van der Waals surface area contributed by atoms with Crippen LogP contribution >= 0.6 is 0 Å². The zero-order valence-corrected chi connectivity index (χ0v) is 11.8. The number of nitrogens with zero attached hydrogens (tertiary/aromatic N) is 1. The third kappa shape index (κ3) is 3.66. The maximum atomic E-state index is 12.0. The summed E-state index contributed by atoms with van der Waals surface area (Å²) in [5.74, 6) is -1.15. The van der Waals surface area contributed by atoms with Gasteiger partial charge in [0.2, 0.25) is 0 Å². The molecular weight excluding hydrogens is 268 g/mol. The molecule has 0 saturated heterocycles. The Kier molecular flexibility index (Phi) is 4.33. The Morgan fingerprint density at radius 2 is 1.71 bits per heavy atom. The van der Waals surface area contributed by atoms with Crippen LogP contribution in [0.25, 0.3) is 11.1 Å². The Bertz CT molecular complexity index is 663. The molecule has 0 aliphatic rings. The van der Waals surface area contributed by atoms with E-state index >= 15 is 0 Å². The number of carboxylic acid groups (broad SMARTS) is 1. The van der Waals surface area contributed by atoms with E-state index < -0.39 is 5.97 Å². The fourth-order valence-electron chi connectivity index (χ4n) is 1.87. The number of pyridine rings is 1. The molecule has 2 rings (SSSR count). The normalized spacial score (nSPS) is 10.4. The van der Waals surface area contributed by atoms with Crippen molar-refractivity contribution < 1.29 is 14.7 Å². The average molecular weight is 284 g/mol. The van der Waals surface area contributed by atoms with Crippen molar-refractivity contribution in [2.45, 2.75) is 19.9 Å². The second-order valence-electron chi connectivity index (χ2n) is 4.97. The molecule has 0 fully saturated rings. The fraction of sp³-hybridized carbons (Fsp3) is 0.188. The first kappa shape index (κ1) is 14.7. The maximum Gasteiger partial charge on any atom is 0.335 e. The van der Waals surface area contributed by atoms with Gasteiger partial charge < -0.3 is 10.4 Å². The van der Waals surface area contributed by atoms with Crippen molar-refractivity contribution in [3.63, 3.8) is 0 Å². The number of aromatic carboxylic acids is 1. The smallest absolute Gasteiger partial charge is 0.335 e. The second-order valence-corrected chi connectivity index (χ2v) is 4.97. The van der Waals surface area contributed by atoms with Gasteiger partial charge in [-0.3, -0.25) is 9.78 Å². The highest BCUT2D eigenvalue weighted by Crippen LogP contribution is 2.20. The third-order valence-corrected chi connectivity index (χ3v) is 2.89. The van der Waals surface area contributed by atoms with Crippen molar-refractivity contribution in [3.8, 4) is 11.1 Å². The molecule has 0 atom stereocenters. The Morgan fingerprint density at radius 1 is 1.05 bits per heavy atom. The van der Waals surface area contributed by atoms with Gasteiger partial charge in [-0.15, -0.1) is 0 Å². The minimum atomic E-state index is -0.968. The third-order valence-electron chi connectivity index (χ3n) is 2.89. The van der Waals surface area contributed by atoms with Crippen molar-refractivity contribution in [2.75, 3.05) is 0 Å². The van der Waals surface area contributed by atoms with Gasteiger partial charge in [0, 0.05) is 24.0 Å². The van der Waals surface area contributed by atoms with Crippen molar-refractivity contribution in [2.24, 2.45) is 0 Å². The number of amides is 1. The predicted molar refractivity (Wildman–Crippen MR) is 79.2 cm³/mol. The highest BCUT2D eigenvalue weighted by atomic mass is 16.4. The first-order chi connectivity index (χ1) is 9.97. The SMILES string of the molecule is CC(C)NC(=O)c1cncc(-c2ccc(C(=O)O)cc2)c1. The van der Waals surface area contributed by atoms with E-state index in [4.69, 9.17) is 5.11 Å². The molecule has 1 aromatic heterocycles. The summed E-state index contributed by atoms with van der Waals surface area (Å²) in [6.07, 6.45) is 3.15. The van der Waals surface area contributed by atoms with E-state index in [1.807, 2.05) is 13.8 Å². The van der Waals surface area contributed by atoms with Gasteiger partial charge >= 0.3 is 5.97 Å². The minimum Gasteiger partial charge on any atom is -0.478 e. The lowest BCUT2D eigenvalue weighted by Gasteiger charge is -2.09. The van der Waals surface area contributed by atoms with Crippen molar-refractivity contribution in [1.82, 2.24) is 10.3 Å². The fourth-order valence-corrected chi connectivity index (χ4v) is 1.87. The molecule has 0 aliphatic heterocycles. The number of hydrogen-bond acceptors (Lipinski definition) is 3. The van der Waals surface area contributed by atoms with Gasteiger partial charge in [0.1, 0.15) is 0 Å². The van der Waals surface area contributed by atoms with Crippen LogP contribution in [0.15, 0.2) is 42.7 Å². The van der Waals surface area contributed by atoms with E-state index in [0.29, 0.717) is 5.56 Å². The largest absolute Gasteiger partial charge is 0.478 e. The zero-order valence-electron chi connectivity index (χ0n) is 11.8. The molecular formula is C16H16N2O3. The van der Waals surface area contributed by atoms with Crippen LogP contribution in [0.5, 0.6) is 0 Å². The molecule has 0 radical (unpaired) electrons. The Balaban J connectivity index is 2.28. The molecule has 108 valence electrons. The van der Waals surface area contributed by atoms with Crippen LogP contribution in [0.4, 0.5) is 0 Å². The van der Waals surface area contributed by atoms with Crippen molar-refractivity contribution >= 4 is 11.9 Å². The van der Waals surface area contributed by atoms with Gasteiger partial charge in [-0.1, -0.05) is 12.1 Å². The van der Waals surface area contributed by atoms with Crippen LogP contribution in [-0.2, 0) is 0 Å². The van der Waals surface area contributed by atoms with Crippen molar-refractivity contribution in [3.05, 3.63) is 53.9 Å². The molecule has 0 aliphatic carbocycles. The number of aromatic nitrogens is 1. The quantitative estimate of drug-likeness (QED) is 0.904. The molecule has 1 heterocycles. The van der Waals surface area contributed by atoms with Gasteiger partial charge in [0.05, 0.1) is 11.1 Å². The molecule has 0 bridgehead atoms. The molecule has 0 unspecified atom stereocenters. The Labute approximate surface area is 122 Å². The number of rotatable bonds is 4. The summed E-state index contributed by atoms with van der Waals surface area (Å²) in [6.45, 7) is 3.78. The van der Waals surface area contributed by atoms with E-state index in [2.05, 4.69) is 10.3 Å². The lowest BCUT2D eigenvalue weighted by atomic mass is 10.0. The summed E-state index contributed by atoms with van der Waals surface area (Å²) in [6, 6.07) is 8.24. The van der Waals surface area contributed by atoms with Crippen LogP contribution in [0, 0.1) is 0 Å². The van der Waals surface area contributed by atoms with E-state index in [0.717, 1.165) is 11.1 Å². The van der Waals surface area contributed by atoms with Gasteiger partial charge in [-0.2, -0.15) is 0 Å². The molecule has 2 aromatic rings. The number of carboxylic acids is 1. The summed E-state index contributed by atoms with van der Waals surface area (Å²) < 4.78 is 0. The van der Waals surface area contributed by atoms with Crippen LogP contribution < -0.4 is 5.32 Å². The number of hydrogen-bond donors (Lipinski definition) is 2.